The minimum Gasteiger partial charge on any atom is -0.492 e. The summed E-state index contributed by atoms with van der Waals surface area (Å²) >= 11 is 0. The van der Waals surface area contributed by atoms with Gasteiger partial charge in [0.05, 0.1) is 12.2 Å². The summed E-state index contributed by atoms with van der Waals surface area (Å²) in [6.45, 7) is 2.10. The topological polar surface area (TPSA) is 26.3 Å². The summed E-state index contributed by atoms with van der Waals surface area (Å²) < 4.78 is 32.2. The second kappa shape index (κ2) is 5.68. The van der Waals surface area contributed by atoms with Crippen molar-refractivity contribution in [2.24, 2.45) is 5.92 Å². The lowest BCUT2D eigenvalue weighted by Crippen LogP contribution is -2.29. The van der Waals surface area contributed by atoms with Gasteiger partial charge in [-0.05, 0) is 37.3 Å². The highest BCUT2D eigenvalue weighted by Gasteiger charge is 2.36. The van der Waals surface area contributed by atoms with Gasteiger partial charge in [0.2, 0.25) is 5.92 Å². The Kier molecular flexibility index (Phi) is 4.17. The van der Waals surface area contributed by atoms with Crippen molar-refractivity contribution >= 4 is 6.29 Å². The number of carbonyl (C=O) groups excluding carboxylic acids is 1. The average molecular weight is 268 g/mol. The molecule has 0 aromatic heterocycles. The van der Waals surface area contributed by atoms with Crippen molar-refractivity contribution in [2.45, 2.75) is 38.5 Å². The first-order chi connectivity index (χ1) is 9.02. The minimum atomic E-state index is -2.56. The molecule has 1 saturated carbocycles. The molecule has 1 aromatic rings. The molecule has 104 valence electrons. The van der Waals surface area contributed by atoms with E-state index in [2.05, 4.69) is 0 Å². The van der Waals surface area contributed by atoms with Crippen LogP contribution in [0.3, 0.4) is 0 Å². The smallest absolute Gasteiger partial charge is 0.248 e. The average Bonchev–Trinajstić information content (AvgIpc) is 2.36. The molecule has 1 aromatic carbocycles. The number of carbonyl (C=O) groups is 1. The highest BCUT2D eigenvalue weighted by Crippen LogP contribution is 2.37. The van der Waals surface area contributed by atoms with Crippen LogP contribution in [0.4, 0.5) is 8.78 Å². The van der Waals surface area contributed by atoms with E-state index in [1.807, 2.05) is 13.0 Å². The normalized spacial score (nSPS) is 21.9. The van der Waals surface area contributed by atoms with Crippen LogP contribution in [0.25, 0.3) is 0 Å². The van der Waals surface area contributed by atoms with Gasteiger partial charge in [-0.3, -0.25) is 4.79 Å². The highest BCUT2D eigenvalue weighted by molar-refractivity contribution is 5.80. The summed E-state index contributed by atoms with van der Waals surface area (Å²) in [6, 6.07) is 5.29. The minimum absolute atomic E-state index is 0.0204. The standard InChI is InChI=1S/C15H18F2O2/c1-11-4-2-6-13(9-18)14(11)19-10-12-5-3-7-15(16,17)8-12/h2,4,6,9,12H,3,5,7-8,10H2,1H3. The molecule has 1 fully saturated rings. The van der Waals surface area contributed by atoms with E-state index in [4.69, 9.17) is 4.74 Å². The Morgan fingerprint density at radius 2 is 2.26 bits per heavy atom. The van der Waals surface area contributed by atoms with Gasteiger partial charge in [-0.15, -0.1) is 0 Å². The van der Waals surface area contributed by atoms with Crippen molar-refractivity contribution in [1.29, 1.82) is 0 Å². The number of aryl methyl sites for hydroxylation is 1. The first-order valence-electron chi connectivity index (χ1n) is 6.57. The number of aldehydes is 1. The van der Waals surface area contributed by atoms with E-state index in [0.717, 1.165) is 18.3 Å². The molecule has 0 bridgehead atoms. The van der Waals surface area contributed by atoms with Crippen LogP contribution in [0.2, 0.25) is 0 Å². The first kappa shape index (κ1) is 14.0. The maximum absolute atomic E-state index is 13.3. The lowest BCUT2D eigenvalue weighted by atomic mass is 9.87. The monoisotopic (exact) mass is 268 g/mol. The predicted molar refractivity (Wildman–Crippen MR) is 69.0 cm³/mol. The van der Waals surface area contributed by atoms with Crippen LogP contribution < -0.4 is 4.74 Å². The van der Waals surface area contributed by atoms with Gasteiger partial charge in [-0.2, -0.15) is 0 Å². The quantitative estimate of drug-likeness (QED) is 0.771. The Hall–Kier alpha value is -1.45. The molecule has 0 N–H and O–H groups in total. The van der Waals surface area contributed by atoms with Gasteiger partial charge in [-0.25, -0.2) is 8.78 Å². The van der Waals surface area contributed by atoms with Crippen LogP contribution in [-0.2, 0) is 0 Å². The van der Waals surface area contributed by atoms with Gasteiger partial charge in [0.15, 0.2) is 6.29 Å². The molecule has 1 aliphatic rings. The van der Waals surface area contributed by atoms with Crippen molar-refractivity contribution < 1.29 is 18.3 Å². The zero-order chi connectivity index (χ0) is 13.9. The Balaban J connectivity index is 2.01. The largest absolute Gasteiger partial charge is 0.492 e. The van der Waals surface area contributed by atoms with Gasteiger partial charge in [-0.1, -0.05) is 12.1 Å². The van der Waals surface area contributed by atoms with E-state index in [9.17, 15) is 13.6 Å². The molecule has 0 radical (unpaired) electrons. The number of rotatable bonds is 4. The highest BCUT2D eigenvalue weighted by atomic mass is 19.3. The SMILES string of the molecule is Cc1cccc(C=O)c1OCC1CCCC(F)(F)C1. The van der Waals surface area contributed by atoms with Gasteiger partial charge < -0.3 is 4.74 Å². The molecule has 0 spiro atoms. The molecule has 19 heavy (non-hydrogen) atoms. The Morgan fingerprint density at radius 1 is 1.47 bits per heavy atom. The van der Waals surface area contributed by atoms with E-state index in [1.165, 1.54) is 0 Å². The number of hydrogen-bond donors (Lipinski definition) is 0. The molecule has 0 saturated heterocycles. The molecule has 2 nitrogen and oxygen atoms in total. The lowest BCUT2D eigenvalue weighted by molar-refractivity contribution is -0.0585. The number of halogens is 2. The molecule has 2 rings (SSSR count). The number of para-hydroxylation sites is 1. The molecular weight excluding hydrogens is 250 g/mol. The van der Waals surface area contributed by atoms with E-state index >= 15 is 0 Å². The second-order valence-corrected chi connectivity index (χ2v) is 5.24. The van der Waals surface area contributed by atoms with Crippen LogP contribution in [0.5, 0.6) is 5.75 Å². The number of hydrogen-bond acceptors (Lipinski definition) is 2. The lowest BCUT2D eigenvalue weighted by Gasteiger charge is -2.29. The Bertz CT molecular complexity index is 457. The molecule has 0 amide bonds. The summed E-state index contributed by atoms with van der Waals surface area (Å²) in [4.78, 5) is 10.9. The van der Waals surface area contributed by atoms with E-state index in [0.29, 0.717) is 17.7 Å². The van der Waals surface area contributed by atoms with E-state index < -0.39 is 5.92 Å². The third-order valence-electron chi connectivity index (χ3n) is 3.57. The molecule has 0 heterocycles. The van der Waals surface area contributed by atoms with Crippen molar-refractivity contribution in [3.8, 4) is 5.75 Å². The van der Waals surface area contributed by atoms with Crippen LogP contribution in [-0.4, -0.2) is 18.8 Å². The summed E-state index contributed by atoms with van der Waals surface area (Å²) in [5, 5.41) is 0. The summed E-state index contributed by atoms with van der Waals surface area (Å²) in [7, 11) is 0. The van der Waals surface area contributed by atoms with Crippen LogP contribution >= 0.6 is 0 Å². The molecule has 1 atom stereocenters. The summed E-state index contributed by atoms with van der Waals surface area (Å²) in [5.41, 5.74) is 1.33. The predicted octanol–water partition coefficient (Wildman–Crippen LogP) is 4.01. The van der Waals surface area contributed by atoms with Crippen molar-refractivity contribution in [2.75, 3.05) is 6.61 Å². The fourth-order valence-corrected chi connectivity index (χ4v) is 2.58. The molecular formula is C15H18F2O2. The maximum atomic E-state index is 13.3. The Labute approximate surface area is 111 Å². The molecule has 1 aliphatic carbocycles. The third kappa shape index (κ3) is 3.52. The third-order valence-corrected chi connectivity index (χ3v) is 3.57. The van der Waals surface area contributed by atoms with Crippen molar-refractivity contribution in [3.05, 3.63) is 29.3 Å². The number of alkyl halides is 2. The van der Waals surface area contributed by atoms with E-state index in [-0.39, 0.29) is 25.4 Å². The summed E-state index contributed by atoms with van der Waals surface area (Å²) in [6.07, 6.45) is 1.90. The molecule has 0 aliphatic heterocycles. The van der Waals surface area contributed by atoms with Gasteiger partial charge in [0.25, 0.3) is 0 Å². The number of benzene rings is 1. The van der Waals surface area contributed by atoms with Crippen LogP contribution in [0.1, 0.15) is 41.6 Å². The van der Waals surface area contributed by atoms with Gasteiger partial charge >= 0.3 is 0 Å². The fraction of sp³-hybridized carbons (Fsp3) is 0.533. The maximum Gasteiger partial charge on any atom is 0.248 e. The fourth-order valence-electron chi connectivity index (χ4n) is 2.58. The second-order valence-electron chi connectivity index (χ2n) is 5.24. The van der Waals surface area contributed by atoms with Crippen LogP contribution in [0.15, 0.2) is 18.2 Å². The van der Waals surface area contributed by atoms with Crippen LogP contribution in [0, 0.1) is 12.8 Å². The van der Waals surface area contributed by atoms with Gasteiger partial charge in [0, 0.05) is 12.8 Å². The molecule has 4 heteroatoms. The zero-order valence-corrected chi connectivity index (χ0v) is 11.0. The molecule has 1 unspecified atom stereocenters. The zero-order valence-electron chi connectivity index (χ0n) is 11.0. The number of ether oxygens (including phenoxy) is 1. The Morgan fingerprint density at radius 3 is 2.95 bits per heavy atom. The van der Waals surface area contributed by atoms with E-state index in [1.54, 1.807) is 12.1 Å². The summed E-state index contributed by atoms with van der Waals surface area (Å²) in [5.74, 6) is -2.18. The van der Waals surface area contributed by atoms with Crippen molar-refractivity contribution in [3.63, 3.8) is 0 Å². The first-order valence-corrected chi connectivity index (χ1v) is 6.57. The van der Waals surface area contributed by atoms with Crippen molar-refractivity contribution in [1.82, 2.24) is 0 Å². The van der Waals surface area contributed by atoms with Gasteiger partial charge in [0.1, 0.15) is 5.75 Å².